The summed E-state index contributed by atoms with van der Waals surface area (Å²) in [6, 6.07) is 8.92. The van der Waals surface area contributed by atoms with Gasteiger partial charge in [-0.2, -0.15) is 0 Å². The summed E-state index contributed by atoms with van der Waals surface area (Å²) in [5.74, 6) is -1.02. The van der Waals surface area contributed by atoms with Crippen molar-refractivity contribution >= 4 is 17.8 Å². The third kappa shape index (κ3) is 4.05. The molecular weight excluding hydrogens is 272 g/mol. The van der Waals surface area contributed by atoms with Gasteiger partial charge in [0.05, 0.1) is 19.2 Å². The van der Waals surface area contributed by atoms with E-state index >= 15 is 0 Å². The molecule has 2 atom stereocenters. The van der Waals surface area contributed by atoms with Gasteiger partial charge in [-0.25, -0.2) is 0 Å². The fourth-order valence-electron chi connectivity index (χ4n) is 2.39. The minimum absolute atomic E-state index is 0.0395. The van der Waals surface area contributed by atoms with E-state index in [0.29, 0.717) is 12.8 Å². The number of rotatable bonds is 4. The first kappa shape index (κ1) is 15.0. The highest BCUT2D eigenvalue weighted by Gasteiger charge is 2.31. The van der Waals surface area contributed by atoms with E-state index in [1.807, 2.05) is 30.3 Å². The Morgan fingerprint density at radius 2 is 2.05 bits per heavy atom. The van der Waals surface area contributed by atoms with E-state index in [1.54, 1.807) is 0 Å². The van der Waals surface area contributed by atoms with Crippen LogP contribution in [0.15, 0.2) is 30.3 Å². The molecule has 0 aliphatic carbocycles. The topological polar surface area (TPSA) is 84.5 Å². The number of piperidine rings is 1. The molecule has 2 unspecified atom stereocenters. The summed E-state index contributed by atoms with van der Waals surface area (Å²) in [7, 11) is 1.24. The Morgan fingerprint density at radius 1 is 1.33 bits per heavy atom. The maximum absolute atomic E-state index is 11.8. The van der Waals surface area contributed by atoms with Crippen LogP contribution in [-0.4, -0.2) is 30.9 Å². The summed E-state index contributed by atoms with van der Waals surface area (Å²) in [6.07, 6.45) is 0.577. The summed E-state index contributed by atoms with van der Waals surface area (Å²) < 4.78 is 4.47. The van der Waals surface area contributed by atoms with Crippen molar-refractivity contribution in [1.82, 2.24) is 10.6 Å². The van der Waals surface area contributed by atoms with Gasteiger partial charge in [0.15, 0.2) is 0 Å². The maximum atomic E-state index is 11.8. The molecule has 1 saturated heterocycles. The van der Waals surface area contributed by atoms with Crippen LogP contribution >= 0.6 is 0 Å². The van der Waals surface area contributed by atoms with Crippen LogP contribution < -0.4 is 10.6 Å². The molecule has 112 valence electrons. The van der Waals surface area contributed by atoms with E-state index in [-0.39, 0.29) is 24.4 Å². The molecule has 2 N–H and O–H groups in total. The highest BCUT2D eigenvalue weighted by Crippen LogP contribution is 2.24. The molecule has 0 radical (unpaired) electrons. The molecule has 2 amide bonds. The standard InChI is InChI=1S/C15H18N2O4/c1-21-14(20)9-13(19)16-11-7-8-12(18)17-15(11)10-5-3-2-4-6-10/h2-6,11,15H,7-9H2,1H3,(H,16,19)(H,17,18). The quantitative estimate of drug-likeness (QED) is 0.631. The minimum atomic E-state index is -0.580. The zero-order valence-electron chi connectivity index (χ0n) is 11.8. The van der Waals surface area contributed by atoms with Crippen molar-refractivity contribution in [3.8, 4) is 0 Å². The van der Waals surface area contributed by atoms with Gasteiger partial charge in [0.2, 0.25) is 11.8 Å². The smallest absolute Gasteiger partial charge is 0.315 e. The molecule has 6 nitrogen and oxygen atoms in total. The average Bonchev–Trinajstić information content (AvgIpc) is 2.49. The number of amides is 2. The molecule has 0 spiro atoms. The molecule has 1 aliphatic heterocycles. The van der Waals surface area contributed by atoms with Crippen molar-refractivity contribution in [2.75, 3.05) is 7.11 Å². The average molecular weight is 290 g/mol. The number of carbonyl (C=O) groups excluding carboxylic acids is 3. The van der Waals surface area contributed by atoms with Crippen LogP contribution in [0.1, 0.15) is 30.9 Å². The highest BCUT2D eigenvalue weighted by molar-refractivity contribution is 5.94. The molecule has 1 aromatic rings. The van der Waals surface area contributed by atoms with Gasteiger partial charge in [0, 0.05) is 6.42 Å². The summed E-state index contributed by atoms with van der Waals surface area (Å²) in [5.41, 5.74) is 0.925. The molecule has 1 aliphatic rings. The molecule has 0 aromatic heterocycles. The molecule has 2 rings (SSSR count). The van der Waals surface area contributed by atoms with Crippen LogP contribution in [0.25, 0.3) is 0 Å². The van der Waals surface area contributed by atoms with Crippen LogP contribution in [0.3, 0.4) is 0 Å². The second kappa shape index (κ2) is 6.88. The summed E-state index contributed by atoms with van der Waals surface area (Å²) in [6.45, 7) is 0. The lowest BCUT2D eigenvalue weighted by atomic mass is 9.92. The van der Waals surface area contributed by atoms with Gasteiger partial charge in [-0.3, -0.25) is 14.4 Å². The first-order valence-electron chi connectivity index (χ1n) is 6.80. The Labute approximate surface area is 122 Å². The molecule has 1 fully saturated rings. The second-order valence-electron chi connectivity index (χ2n) is 4.92. The van der Waals surface area contributed by atoms with Crippen LogP contribution in [0, 0.1) is 0 Å². The lowest BCUT2D eigenvalue weighted by Gasteiger charge is -2.33. The van der Waals surface area contributed by atoms with Gasteiger partial charge >= 0.3 is 5.97 Å². The molecule has 0 bridgehead atoms. The number of esters is 1. The predicted octanol–water partition coefficient (Wildman–Crippen LogP) is 0.686. The largest absolute Gasteiger partial charge is 0.469 e. The molecular formula is C15H18N2O4. The number of benzene rings is 1. The zero-order valence-corrected chi connectivity index (χ0v) is 11.8. The van der Waals surface area contributed by atoms with Gasteiger partial charge in [0.25, 0.3) is 0 Å². The Hall–Kier alpha value is -2.37. The number of carbonyl (C=O) groups is 3. The second-order valence-corrected chi connectivity index (χ2v) is 4.92. The van der Waals surface area contributed by atoms with Crippen LogP contribution in [0.2, 0.25) is 0 Å². The first-order chi connectivity index (χ1) is 10.1. The van der Waals surface area contributed by atoms with Crippen molar-refractivity contribution in [3.63, 3.8) is 0 Å². The molecule has 21 heavy (non-hydrogen) atoms. The van der Waals surface area contributed by atoms with Crippen LogP contribution in [-0.2, 0) is 19.1 Å². The monoisotopic (exact) mass is 290 g/mol. The summed E-state index contributed by atoms with van der Waals surface area (Å²) >= 11 is 0. The number of nitrogens with one attached hydrogen (secondary N) is 2. The van der Waals surface area contributed by atoms with Gasteiger partial charge in [0.1, 0.15) is 6.42 Å². The predicted molar refractivity (Wildman–Crippen MR) is 75.1 cm³/mol. The molecule has 1 aromatic carbocycles. The third-order valence-electron chi connectivity index (χ3n) is 3.44. The van der Waals surface area contributed by atoms with Gasteiger partial charge in [-0.05, 0) is 12.0 Å². The van der Waals surface area contributed by atoms with Gasteiger partial charge < -0.3 is 15.4 Å². The van der Waals surface area contributed by atoms with E-state index in [9.17, 15) is 14.4 Å². The Bertz CT molecular complexity index is 530. The van der Waals surface area contributed by atoms with E-state index < -0.39 is 11.9 Å². The van der Waals surface area contributed by atoms with Crippen LogP contribution in [0.4, 0.5) is 0 Å². The Balaban J connectivity index is 2.07. The zero-order chi connectivity index (χ0) is 15.2. The summed E-state index contributed by atoms with van der Waals surface area (Å²) in [4.78, 5) is 34.5. The lowest BCUT2D eigenvalue weighted by Crippen LogP contribution is -2.50. The first-order valence-corrected chi connectivity index (χ1v) is 6.80. The SMILES string of the molecule is COC(=O)CC(=O)NC1CCC(=O)NC1c1ccccc1. The van der Waals surface area contributed by atoms with Gasteiger partial charge in [-0.1, -0.05) is 30.3 Å². The van der Waals surface area contributed by atoms with Crippen molar-refractivity contribution in [2.24, 2.45) is 0 Å². The molecule has 0 saturated carbocycles. The Kier molecular flexibility index (Phi) is 4.92. The number of hydrogen-bond donors (Lipinski definition) is 2. The summed E-state index contributed by atoms with van der Waals surface area (Å²) in [5, 5.41) is 5.68. The molecule has 1 heterocycles. The number of hydrogen-bond acceptors (Lipinski definition) is 4. The Morgan fingerprint density at radius 3 is 2.71 bits per heavy atom. The van der Waals surface area contributed by atoms with E-state index in [0.717, 1.165) is 5.56 Å². The minimum Gasteiger partial charge on any atom is -0.469 e. The molecule has 6 heteroatoms. The third-order valence-corrected chi connectivity index (χ3v) is 3.44. The van der Waals surface area contributed by atoms with Crippen molar-refractivity contribution in [3.05, 3.63) is 35.9 Å². The maximum Gasteiger partial charge on any atom is 0.315 e. The van der Waals surface area contributed by atoms with E-state index in [1.165, 1.54) is 7.11 Å². The van der Waals surface area contributed by atoms with Crippen molar-refractivity contribution in [2.45, 2.75) is 31.3 Å². The highest BCUT2D eigenvalue weighted by atomic mass is 16.5. The fraction of sp³-hybridized carbons (Fsp3) is 0.400. The lowest BCUT2D eigenvalue weighted by molar-refractivity contribution is -0.144. The van der Waals surface area contributed by atoms with Crippen LogP contribution in [0.5, 0.6) is 0 Å². The van der Waals surface area contributed by atoms with E-state index in [2.05, 4.69) is 15.4 Å². The number of ether oxygens (including phenoxy) is 1. The van der Waals surface area contributed by atoms with Crippen molar-refractivity contribution < 1.29 is 19.1 Å². The van der Waals surface area contributed by atoms with Crippen molar-refractivity contribution in [1.29, 1.82) is 0 Å². The number of methoxy groups -OCH3 is 1. The van der Waals surface area contributed by atoms with E-state index in [4.69, 9.17) is 0 Å². The normalized spacial score (nSPS) is 21.3. The van der Waals surface area contributed by atoms with Gasteiger partial charge in [-0.15, -0.1) is 0 Å². The fourth-order valence-corrected chi connectivity index (χ4v) is 2.39.